The van der Waals surface area contributed by atoms with Gasteiger partial charge in [0.2, 0.25) is 0 Å². The van der Waals surface area contributed by atoms with E-state index in [9.17, 15) is 28.1 Å². The van der Waals surface area contributed by atoms with Gasteiger partial charge < -0.3 is 9.47 Å². The Labute approximate surface area is 116 Å². The molecule has 6 nitrogen and oxygen atoms in total. The number of ether oxygens (including phenoxy) is 2. The summed E-state index contributed by atoms with van der Waals surface area (Å²) in [6.45, 7) is -0.160. The second-order valence-electron chi connectivity index (χ2n) is 4.40. The van der Waals surface area contributed by atoms with Crippen molar-refractivity contribution in [3.8, 4) is 0 Å². The summed E-state index contributed by atoms with van der Waals surface area (Å²) < 4.78 is 48.0. The van der Waals surface area contributed by atoms with E-state index in [1.54, 1.807) is 0 Å². The molecule has 1 aromatic carbocycles. The standard InChI is InChI=1S/C12H10F3NO5/c13-12(14,15)11(6-1-7-20-11)21-10(17)8-2-4-9(5-3-8)16(18)19/h2-5H,1,6-7H2. The number of alkyl halides is 3. The number of hydrogen-bond donors (Lipinski definition) is 0. The number of esters is 1. The molecule has 1 fully saturated rings. The zero-order chi connectivity index (χ0) is 15.7. The normalized spacial score (nSPS) is 22.0. The maximum absolute atomic E-state index is 13.0. The average molecular weight is 305 g/mol. The summed E-state index contributed by atoms with van der Waals surface area (Å²) in [5.74, 6) is -4.18. The van der Waals surface area contributed by atoms with Crippen molar-refractivity contribution in [2.24, 2.45) is 0 Å². The van der Waals surface area contributed by atoms with Crippen molar-refractivity contribution in [2.45, 2.75) is 24.8 Å². The fraction of sp³-hybridized carbons (Fsp3) is 0.417. The third-order valence-corrected chi connectivity index (χ3v) is 2.99. The van der Waals surface area contributed by atoms with Gasteiger partial charge in [-0.25, -0.2) is 4.79 Å². The number of rotatable bonds is 3. The summed E-state index contributed by atoms with van der Waals surface area (Å²) in [5.41, 5.74) is -0.506. The van der Waals surface area contributed by atoms with Crippen molar-refractivity contribution >= 4 is 11.7 Å². The molecule has 0 aliphatic carbocycles. The zero-order valence-electron chi connectivity index (χ0n) is 10.6. The topological polar surface area (TPSA) is 78.7 Å². The van der Waals surface area contributed by atoms with Gasteiger partial charge in [-0.15, -0.1) is 0 Å². The molecule has 1 atom stereocenters. The minimum Gasteiger partial charge on any atom is -0.419 e. The van der Waals surface area contributed by atoms with Gasteiger partial charge in [-0.2, -0.15) is 13.2 Å². The van der Waals surface area contributed by atoms with Crippen LogP contribution in [-0.4, -0.2) is 29.5 Å². The van der Waals surface area contributed by atoms with Crippen LogP contribution in [0, 0.1) is 10.1 Å². The highest BCUT2D eigenvalue weighted by molar-refractivity contribution is 5.89. The van der Waals surface area contributed by atoms with Crippen LogP contribution in [0.3, 0.4) is 0 Å². The highest BCUT2D eigenvalue weighted by Crippen LogP contribution is 2.42. The summed E-state index contributed by atoms with van der Waals surface area (Å²) in [5, 5.41) is 10.5. The van der Waals surface area contributed by atoms with Crippen molar-refractivity contribution in [1.29, 1.82) is 0 Å². The van der Waals surface area contributed by atoms with Crippen molar-refractivity contribution in [3.05, 3.63) is 39.9 Å². The number of nitro benzene ring substituents is 1. The van der Waals surface area contributed by atoms with Gasteiger partial charge in [-0.3, -0.25) is 10.1 Å². The molecule has 114 valence electrons. The number of benzene rings is 1. The lowest BCUT2D eigenvalue weighted by Gasteiger charge is -2.29. The first-order valence-electron chi connectivity index (χ1n) is 5.94. The van der Waals surface area contributed by atoms with Crippen LogP contribution in [0.5, 0.6) is 0 Å². The van der Waals surface area contributed by atoms with E-state index >= 15 is 0 Å². The van der Waals surface area contributed by atoms with Gasteiger partial charge in [0.05, 0.1) is 17.1 Å². The molecule has 1 heterocycles. The Kier molecular flexibility index (Phi) is 3.86. The molecule has 0 aromatic heterocycles. The van der Waals surface area contributed by atoms with Crippen LogP contribution in [0.4, 0.5) is 18.9 Å². The van der Waals surface area contributed by atoms with Crippen LogP contribution in [-0.2, 0) is 9.47 Å². The molecular weight excluding hydrogens is 295 g/mol. The van der Waals surface area contributed by atoms with Gasteiger partial charge in [0.25, 0.3) is 5.69 Å². The number of nitro groups is 1. The number of carbonyl (C=O) groups excluding carboxylic acids is 1. The van der Waals surface area contributed by atoms with E-state index in [2.05, 4.69) is 9.47 Å². The summed E-state index contributed by atoms with van der Waals surface area (Å²) in [6, 6.07) is 4.07. The van der Waals surface area contributed by atoms with Crippen molar-refractivity contribution in [3.63, 3.8) is 0 Å². The molecule has 0 N–H and O–H groups in total. The molecule has 0 bridgehead atoms. The monoisotopic (exact) mass is 305 g/mol. The highest BCUT2D eigenvalue weighted by atomic mass is 19.4. The second kappa shape index (κ2) is 5.32. The first-order valence-corrected chi connectivity index (χ1v) is 5.94. The minimum absolute atomic E-state index is 0.118. The molecule has 2 rings (SSSR count). The molecule has 0 amide bonds. The molecule has 21 heavy (non-hydrogen) atoms. The second-order valence-corrected chi connectivity index (χ2v) is 4.40. The molecule has 0 radical (unpaired) electrons. The van der Waals surface area contributed by atoms with Gasteiger partial charge in [0.1, 0.15) is 0 Å². The van der Waals surface area contributed by atoms with Crippen LogP contribution in [0.2, 0.25) is 0 Å². The van der Waals surface area contributed by atoms with Gasteiger partial charge >= 0.3 is 17.9 Å². The molecule has 0 saturated carbocycles. The van der Waals surface area contributed by atoms with Crippen LogP contribution in [0.25, 0.3) is 0 Å². The lowest BCUT2D eigenvalue weighted by Crippen LogP contribution is -2.48. The lowest BCUT2D eigenvalue weighted by atomic mass is 10.1. The molecule has 1 unspecified atom stereocenters. The van der Waals surface area contributed by atoms with Gasteiger partial charge in [0, 0.05) is 18.6 Å². The Morgan fingerprint density at radius 3 is 2.38 bits per heavy atom. The fourth-order valence-corrected chi connectivity index (χ4v) is 1.90. The smallest absolute Gasteiger partial charge is 0.419 e. The number of halogens is 3. The summed E-state index contributed by atoms with van der Waals surface area (Å²) >= 11 is 0. The number of hydrogen-bond acceptors (Lipinski definition) is 5. The van der Waals surface area contributed by atoms with Crippen LogP contribution in [0.1, 0.15) is 23.2 Å². The number of nitrogens with zero attached hydrogens (tertiary/aromatic N) is 1. The molecule has 1 aliphatic heterocycles. The van der Waals surface area contributed by atoms with E-state index in [0.29, 0.717) is 0 Å². The van der Waals surface area contributed by atoms with Crippen molar-refractivity contribution in [2.75, 3.05) is 6.61 Å². The summed E-state index contributed by atoms with van der Waals surface area (Å²) in [7, 11) is 0. The first-order chi connectivity index (χ1) is 9.75. The number of non-ortho nitro benzene ring substituents is 1. The zero-order valence-corrected chi connectivity index (χ0v) is 10.6. The third kappa shape index (κ3) is 2.97. The summed E-state index contributed by atoms with van der Waals surface area (Å²) in [6.07, 6.45) is -5.21. The van der Waals surface area contributed by atoms with E-state index < -0.39 is 29.3 Å². The Morgan fingerprint density at radius 1 is 1.33 bits per heavy atom. The van der Waals surface area contributed by atoms with E-state index in [-0.39, 0.29) is 24.3 Å². The molecule has 9 heteroatoms. The van der Waals surface area contributed by atoms with E-state index in [1.165, 1.54) is 0 Å². The number of carbonyl (C=O) groups is 1. The molecule has 0 spiro atoms. The summed E-state index contributed by atoms with van der Waals surface area (Å²) in [4.78, 5) is 21.5. The van der Waals surface area contributed by atoms with Crippen LogP contribution < -0.4 is 0 Å². The Morgan fingerprint density at radius 2 is 1.95 bits per heavy atom. The van der Waals surface area contributed by atoms with E-state index in [4.69, 9.17) is 0 Å². The predicted molar refractivity (Wildman–Crippen MR) is 62.5 cm³/mol. The van der Waals surface area contributed by atoms with E-state index in [0.717, 1.165) is 24.3 Å². The molecular formula is C12H10F3NO5. The van der Waals surface area contributed by atoms with Crippen LogP contribution in [0.15, 0.2) is 24.3 Å². The maximum atomic E-state index is 13.0. The molecule has 1 aliphatic rings. The minimum atomic E-state index is -4.85. The van der Waals surface area contributed by atoms with Crippen molar-refractivity contribution in [1.82, 2.24) is 0 Å². The quantitative estimate of drug-likeness (QED) is 0.487. The highest BCUT2D eigenvalue weighted by Gasteiger charge is 2.61. The predicted octanol–water partition coefficient (Wildman–Crippen LogP) is 2.82. The maximum Gasteiger partial charge on any atom is 0.455 e. The lowest BCUT2D eigenvalue weighted by molar-refractivity contribution is -0.384. The fourth-order valence-electron chi connectivity index (χ4n) is 1.90. The van der Waals surface area contributed by atoms with E-state index in [1.807, 2.05) is 0 Å². The largest absolute Gasteiger partial charge is 0.455 e. The third-order valence-electron chi connectivity index (χ3n) is 2.99. The average Bonchev–Trinajstić information content (AvgIpc) is 2.88. The van der Waals surface area contributed by atoms with Gasteiger partial charge in [0.15, 0.2) is 0 Å². The Bertz CT molecular complexity index is 549. The van der Waals surface area contributed by atoms with Gasteiger partial charge in [-0.05, 0) is 18.6 Å². The molecule has 1 aromatic rings. The first kappa shape index (κ1) is 15.2. The SMILES string of the molecule is O=C(OC1(C(F)(F)F)CCCO1)c1ccc([N+](=O)[O-])cc1. The molecule has 1 saturated heterocycles. The Hall–Kier alpha value is -2.16. The van der Waals surface area contributed by atoms with Gasteiger partial charge in [-0.1, -0.05) is 0 Å². The van der Waals surface area contributed by atoms with Crippen molar-refractivity contribution < 1.29 is 32.4 Å². The van der Waals surface area contributed by atoms with Crippen LogP contribution >= 0.6 is 0 Å². The Balaban J connectivity index is 2.18.